The maximum atomic E-state index is 12.4. The van der Waals surface area contributed by atoms with Crippen molar-refractivity contribution in [2.24, 2.45) is 5.92 Å². The molecule has 3 aromatic carbocycles. The van der Waals surface area contributed by atoms with Gasteiger partial charge in [0.1, 0.15) is 0 Å². The van der Waals surface area contributed by atoms with Gasteiger partial charge in [0.05, 0.1) is 6.54 Å². The number of anilines is 1. The molecule has 0 bridgehead atoms. The predicted octanol–water partition coefficient (Wildman–Crippen LogP) is 5.74. The van der Waals surface area contributed by atoms with Crippen LogP contribution < -0.4 is 10.2 Å². The summed E-state index contributed by atoms with van der Waals surface area (Å²) in [6.45, 7) is 5.20. The van der Waals surface area contributed by atoms with E-state index in [4.69, 9.17) is 4.84 Å². The Morgan fingerprint density at radius 3 is 2.44 bits per heavy atom. The maximum Gasteiger partial charge on any atom is 0.255 e. The molecule has 0 unspecified atom stereocenters. The van der Waals surface area contributed by atoms with Crippen molar-refractivity contribution >= 4 is 11.6 Å². The summed E-state index contributed by atoms with van der Waals surface area (Å²) in [6.07, 6.45) is 4.99. The molecule has 0 spiro atoms. The van der Waals surface area contributed by atoms with Crippen molar-refractivity contribution in [1.29, 1.82) is 0 Å². The number of carbonyl (C=O) groups is 1. The molecule has 0 atom stereocenters. The fourth-order valence-corrected chi connectivity index (χ4v) is 4.96. The van der Waals surface area contributed by atoms with Crippen LogP contribution >= 0.6 is 0 Å². The number of piperidine rings is 1. The first-order chi connectivity index (χ1) is 16.7. The van der Waals surface area contributed by atoms with Crippen molar-refractivity contribution in [3.63, 3.8) is 0 Å². The van der Waals surface area contributed by atoms with Gasteiger partial charge < -0.3 is 10.2 Å². The van der Waals surface area contributed by atoms with Crippen molar-refractivity contribution in [1.82, 2.24) is 9.96 Å². The van der Waals surface area contributed by atoms with Gasteiger partial charge in [-0.05, 0) is 68.5 Å². The third-order valence-corrected chi connectivity index (χ3v) is 6.91. The Bertz CT molecular complexity index is 1080. The molecule has 5 nitrogen and oxygen atoms in total. The summed E-state index contributed by atoms with van der Waals surface area (Å²) in [5, 5.41) is 5.02. The van der Waals surface area contributed by atoms with E-state index >= 15 is 0 Å². The third-order valence-electron chi connectivity index (χ3n) is 6.91. The summed E-state index contributed by atoms with van der Waals surface area (Å²) in [5.41, 5.74) is 3.99. The largest absolute Gasteiger partial charge is 0.405 e. The van der Waals surface area contributed by atoms with Gasteiger partial charge in [0.2, 0.25) is 0 Å². The Hall–Kier alpha value is -3.15. The SMILES string of the molecule is O=C(Nc1ccc2c(c1)ON(CCCC1CCN(Cc3ccccc3)CC1)C2)c1ccccc1. The lowest BCUT2D eigenvalue weighted by molar-refractivity contribution is -0.0447. The number of rotatable bonds is 8. The predicted molar refractivity (Wildman–Crippen MR) is 136 cm³/mol. The molecular formula is C29H33N3O2. The minimum atomic E-state index is -0.106. The number of nitrogens with zero attached hydrogens (tertiary/aromatic N) is 2. The molecule has 2 heterocycles. The van der Waals surface area contributed by atoms with Crippen molar-refractivity contribution in [2.45, 2.75) is 38.8 Å². The Balaban J connectivity index is 1.03. The smallest absolute Gasteiger partial charge is 0.255 e. The minimum Gasteiger partial charge on any atom is -0.405 e. The molecule has 1 amide bonds. The van der Waals surface area contributed by atoms with E-state index in [-0.39, 0.29) is 5.91 Å². The first kappa shape index (κ1) is 22.6. The van der Waals surface area contributed by atoms with Gasteiger partial charge in [-0.25, -0.2) is 0 Å². The van der Waals surface area contributed by atoms with Crippen LogP contribution in [0.25, 0.3) is 0 Å². The molecule has 2 aliphatic heterocycles. The number of hydrogen-bond donors (Lipinski definition) is 1. The van der Waals surface area contributed by atoms with Gasteiger partial charge in [0, 0.05) is 36.0 Å². The molecule has 3 aromatic rings. The minimum absolute atomic E-state index is 0.106. The van der Waals surface area contributed by atoms with E-state index in [1.807, 2.05) is 42.5 Å². The third kappa shape index (κ3) is 5.85. The molecular weight excluding hydrogens is 422 g/mol. The fraction of sp³-hybridized carbons (Fsp3) is 0.345. The molecule has 0 saturated carbocycles. The number of hydroxylamine groups is 2. The Kier molecular flexibility index (Phi) is 7.22. The highest BCUT2D eigenvalue weighted by Gasteiger charge is 2.23. The van der Waals surface area contributed by atoms with Crippen molar-refractivity contribution in [2.75, 3.05) is 25.0 Å². The van der Waals surface area contributed by atoms with Crippen LogP contribution in [0.3, 0.4) is 0 Å². The number of fused-ring (bicyclic) bond motifs is 1. The highest BCUT2D eigenvalue weighted by Crippen LogP contribution is 2.32. The number of likely N-dealkylation sites (tertiary alicyclic amines) is 1. The second-order valence-corrected chi connectivity index (χ2v) is 9.44. The first-order valence-electron chi connectivity index (χ1n) is 12.4. The second-order valence-electron chi connectivity index (χ2n) is 9.44. The molecule has 176 valence electrons. The number of amides is 1. The maximum absolute atomic E-state index is 12.4. The number of carbonyl (C=O) groups excluding carboxylic acids is 1. The molecule has 0 radical (unpaired) electrons. The van der Waals surface area contributed by atoms with Crippen LogP contribution in [0, 0.1) is 5.92 Å². The summed E-state index contributed by atoms with van der Waals surface area (Å²) in [4.78, 5) is 21.1. The zero-order valence-electron chi connectivity index (χ0n) is 19.7. The lowest BCUT2D eigenvalue weighted by Crippen LogP contribution is -2.33. The first-order valence-corrected chi connectivity index (χ1v) is 12.4. The van der Waals surface area contributed by atoms with Crippen LogP contribution in [0.4, 0.5) is 5.69 Å². The molecule has 1 fully saturated rings. The molecule has 34 heavy (non-hydrogen) atoms. The average Bonchev–Trinajstić information content (AvgIpc) is 3.28. The van der Waals surface area contributed by atoms with Gasteiger partial charge in [-0.1, -0.05) is 54.6 Å². The molecule has 5 heteroatoms. The van der Waals surface area contributed by atoms with E-state index in [9.17, 15) is 4.79 Å². The van der Waals surface area contributed by atoms with Gasteiger partial charge in [0.15, 0.2) is 5.75 Å². The van der Waals surface area contributed by atoms with E-state index in [0.29, 0.717) is 5.56 Å². The Labute approximate surface area is 202 Å². The lowest BCUT2D eigenvalue weighted by Gasteiger charge is -2.32. The van der Waals surface area contributed by atoms with Crippen LogP contribution in [0.5, 0.6) is 5.75 Å². The quantitative estimate of drug-likeness (QED) is 0.470. The topological polar surface area (TPSA) is 44.8 Å². The highest BCUT2D eigenvalue weighted by molar-refractivity contribution is 6.04. The molecule has 0 aromatic heterocycles. The summed E-state index contributed by atoms with van der Waals surface area (Å²) in [6, 6.07) is 26.0. The van der Waals surface area contributed by atoms with Crippen LogP contribution in [-0.4, -0.2) is 35.5 Å². The summed E-state index contributed by atoms with van der Waals surface area (Å²) in [7, 11) is 0. The standard InChI is InChI=1S/C29H33N3O2/c33-29(25-11-5-2-6-12-25)30-27-14-13-26-22-32(34-28(26)20-27)17-7-10-23-15-18-31(19-16-23)21-24-8-3-1-4-9-24/h1-6,8-9,11-14,20,23H,7,10,15-19,21-22H2,(H,30,33). The van der Waals surface area contributed by atoms with E-state index in [1.165, 1.54) is 43.5 Å². The summed E-state index contributed by atoms with van der Waals surface area (Å²) < 4.78 is 0. The molecule has 5 rings (SSSR count). The second kappa shape index (κ2) is 10.9. The summed E-state index contributed by atoms with van der Waals surface area (Å²) in [5.74, 6) is 1.56. The van der Waals surface area contributed by atoms with Crippen LogP contribution in [0.1, 0.15) is 47.2 Å². The van der Waals surface area contributed by atoms with E-state index in [1.54, 1.807) is 0 Å². The van der Waals surface area contributed by atoms with E-state index in [2.05, 4.69) is 51.7 Å². The number of benzene rings is 3. The molecule has 1 saturated heterocycles. The van der Waals surface area contributed by atoms with Gasteiger partial charge in [-0.2, -0.15) is 0 Å². The van der Waals surface area contributed by atoms with E-state index < -0.39 is 0 Å². The summed E-state index contributed by atoms with van der Waals surface area (Å²) >= 11 is 0. The Morgan fingerprint density at radius 2 is 1.68 bits per heavy atom. The van der Waals surface area contributed by atoms with Gasteiger partial charge in [0.25, 0.3) is 5.91 Å². The normalized spacial score (nSPS) is 16.7. The number of nitrogens with one attached hydrogen (secondary N) is 1. The van der Waals surface area contributed by atoms with Crippen LogP contribution in [0.15, 0.2) is 78.9 Å². The molecule has 1 N–H and O–H groups in total. The monoisotopic (exact) mass is 455 g/mol. The van der Waals surface area contributed by atoms with Crippen molar-refractivity contribution in [3.8, 4) is 5.75 Å². The van der Waals surface area contributed by atoms with Gasteiger partial charge in [-0.15, -0.1) is 5.06 Å². The van der Waals surface area contributed by atoms with Crippen LogP contribution in [0.2, 0.25) is 0 Å². The van der Waals surface area contributed by atoms with Crippen LogP contribution in [-0.2, 0) is 13.1 Å². The fourth-order valence-electron chi connectivity index (χ4n) is 4.96. The van der Waals surface area contributed by atoms with Crippen molar-refractivity contribution < 1.29 is 9.63 Å². The van der Waals surface area contributed by atoms with Crippen molar-refractivity contribution in [3.05, 3.63) is 95.6 Å². The zero-order valence-corrected chi connectivity index (χ0v) is 19.7. The average molecular weight is 456 g/mol. The highest BCUT2D eigenvalue weighted by atomic mass is 16.7. The zero-order chi connectivity index (χ0) is 23.2. The van der Waals surface area contributed by atoms with E-state index in [0.717, 1.165) is 43.4 Å². The lowest BCUT2D eigenvalue weighted by atomic mass is 9.92. The molecule has 0 aliphatic carbocycles. The van der Waals surface area contributed by atoms with Gasteiger partial charge >= 0.3 is 0 Å². The molecule has 2 aliphatic rings. The van der Waals surface area contributed by atoms with Gasteiger partial charge in [-0.3, -0.25) is 9.69 Å². The Morgan fingerprint density at radius 1 is 0.941 bits per heavy atom. The number of hydrogen-bond acceptors (Lipinski definition) is 4.